The van der Waals surface area contributed by atoms with E-state index < -0.39 is 0 Å². The first-order valence-corrected chi connectivity index (χ1v) is 10.2. The lowest BCUT2D eigenvalue weighted by Gasteiger charge is -2.23. The number of rotatable bonds is 3. The lowest BCUT2D eigenvalue weighted by Crippen LogP contribution is -2.36. The van der Waals surface area contributed by atoms with Crippen molar-refractivity contribution in [3.05, 3.63) is 81.6 Å². The number of aromatic nitrogens is 1. The van der Waals surface area contributed by atoms with Crippen molar-refractivity contribution in [3.63, 3.8) is 0 Å². The smallest absolute Gasteiger partial charge is 0.254 e. The van der Waals surface area contributed by atoms with Gasteiger partial charge in [-0.25, -0.2) is 0 Å². The third-order valence-corrected chi connectivity index (χ3v) is 5.75. The second-order valence-electron chi connectivity index (χ2n) is 7.70. The van der Waals surface area contributed by atoms with Gasteiger partial charge >= 0.3 is 0 Å². The van der Waals surface area contributed by atoms with Gasteiger partial charge in [-0.15, -0.1) is 0 Å². The minimum absolute atomic E-state index is 0.0795. The van der Waals surface area contributed by atoms with Crippen LogP contribution >= 0.6 is 0 Å². The Hall–Kier alpha value is -3.43. The maximum atomic E-state index is 13.3. The van der Waals surface area contributed by atoms with Gasteiger partial charge in [0, 0.05) is 51.2 Å². The van der Waals surface area contributed by atoms with E-state index in [-0.39, 0.29) is 11.5 Å². The number of para-hydroxylation sites is 1. The number of benzene rings is 2. The van der Waals surface area contributed by atoms with Crippen molar-refractivity contribution in [2.45, 2.75) is 13.0 Å². The molecule has 4 rings (SSSR count). The van der Waals surface area contributed by atoms with Crippen LogP contribution in [0.3, 0.4) is 0 Å². The predicted octanol–water partition coefficient (Wildman–Crippen LogP) is 2.76. The molecule has 1 aliphatic rings. The quantitative estimate of drug-likeness (QED) is 0.678. The van der Waals surface area contributed by atoms with Crippen LogP contribution in [0, 0.1) is 11.3 Å². The van der Waals surface area contributed by atoms with Crippen molar-refractivity contribution in [2.75, 3.05) is 26.2 Å². The molecule has 0 atom stereocenters. The first-order chi connectivity index (χ1) is 14.6. The maximum Gasteiger partial charge on any atom is 0.254 e. The average molecular weight is 400 g/mol. The molecule has 0 N–H and O–H groups in total. The van der Waals surface area contributed by atoms with Crippen LogP contribution < -0.4 is 5.56 Å². The minimum Gasteiger partial charge on any atom is -0.337 e. The fourth-order valence-corrected chi connectivity index (χ4v) is 4.03. The number of nitriles is 1. The van der Waals surface area contributed by atoms with Crippen molar-refractivity contribution >= 4 is 16.8 Å². The van der Waals surface area contributed by atoms with Crippen molar-refractivity contribution in [1.82, 2.24) is 14.4 Å². The third kappa shape index (κ3) is 3.98. The van der Waals surface area contributed by atoms with E-state index in [1.165, 1.54) is 6.07 Å². The molecule has 1 aliphatic heterocycles. The zero-order valence-electron chi connectivity index (χ0n) is 17.0. The number of hydrogen-bond donors (Lipinski definition) is 0. The number of fused-ring (bicyclic) bond motifs is 1. The van der Waals surface area contributed by atoms with Gasteiger partial charge in [0.25, 0.3) is 11.5 Å². The Morgan fingerprint density at radius 2 is 1.80 bits per heavy atom. The molecule has 1 amide bonds. The second-order valence-corrected chi connectivity index (χ2v) is 7.70. The van der Waals surface area contributed by atoms with Gasteiger partial charge in [0.1, 0.15) is 0 Å². The van der Waals surface area contributed by atoms with E-state index in [0.29, 0.717) is 24.2 Å². The molecule has 0 saturated carbocycles. The molecule has 1 fully saturated rings. The Morgan fingerprint density at radius 1 is 1.03 bits per heavy atom. The van der Waals surface area contributed by atoms with Crippen molar-refractivity contribution < 1.29 is 4.79 Å². The fourth-order valence-electron chi connectivity index (χ4n) is 4.03. The Labute approximate surface area is 175 Å². The molecule has 2 heterocycles. The summed E-state index contributed by atoms with van der Waals surface area (Å²) < 4.78 is 1.58. The van der Waals surface area contributed by atoms with Crippen LogP contribution in [-0.2, 0) is 13.6 Å². The number of hydrogen-bond acceptors (Lipinski definition) is 4. The predicted molar refractivity (Wildman–Crippen MR) is 116 cm³/mol. The highest BCUT2D eigenvalue weighted by atomic mass is 16.2. The van der Waals surface area contributed by atoms with E-state index >= 15 is 0 Å². The molecule has 6 heteroatoms. The molecule has 2 aromatic carbocycles. The summed E-state index contributed by atoms with van der Waals surface area (Å²) in [6, 6.07) is 18.8. The van der Waals surface area contributed by atoms with Crippen LogP contribution in [0.1, 0.15) is 27.9 Å². The van der Waals surface area contributed by atoms with E-state index in [2.05, 4.69) is 11.0 Å². The molecular formula is C24H24N4O2. The van der Waals surface area contributed by atoms with Gasteiger partial charge in [0.05, 0.1) is 22.7 Å². The Bertz CT molecular complexity index is 1170. The summed E-state index contributed by atoms with van der Waals surface area (Å²) in [5.41, 5.74) is 2.90. The highest BCUT2D eigenvalue weighted by Gasteiger charge is 2.23. The molecule has 30 heavy (non-hydrogen) atoms. The first-order valence-electron chi connectivity index (χ1n) is 10.2. The van der Waals surface area contributed by atoms with Crippen LogP contribution in [-0.4, -0.2) is 46.5 Å². The zero-order chi connectivity index (χ0) is 21.1. The van der Waals surface area contributed by atoms with Gasteiger partial charge < -0.3 is 9.47 Å². The summed E-state index contributed by atoms with van der Waals surface area (Å²) in [7, 11) is 1.73. The van der Waals surface area contributed by atoms with Gasteiger partial charge in [0.15, 0.2) is 0 Å². The Morgan fingerprint density at radius 3 is 2.57 bits per heavy atom. The number of amides is 1. The number of pyridine rings is 1. The van der Waals surface area contributed by atoms with Gasteiger partial charge in [-0.2, -0.15) is 5.26 Å². The molecule has 0 aliphatic carbocycles. The topological polar surface area (TPSA) is 69.3 Å². The molecule has 3 aromatic rings. The SMILES string of the molecule is Cn1c(=O)cc(C(=O)N2CCCN(Cc3ccc(C#N)cc3)CC2)c2ccccc21. The van der Waals surface area contributed by atoms with E-state index in [1.807, 2.05) is 53.4 Å². The van der Waals surface area contributed by atoms with Crippen molar-refractivity contribution in [3.8, 4) is 6.07 Å². The van der Waals surface area contributed by atoms with Crippen molar-refractivity contribution in [2.24, 2.45) is 7.05 Å². The van der Waals surface area contributed by atoms with Crippen LogP contribution in [0.2, 0.25) is 0 Å². The van der Waals surface area contributed by atoms with Crippen LogP contribution in [0.5, 0.6) is 0 Å². The number of carbonyl (C=O) groups excluding carboxylic acids is 1. The monoisotopic (exact) mass is 400 g/mol. The molecular weight excluding hydrogens is 376 g/mol. The molecule has 6 nitrogen and oxygen atoms in total. The fraction of sp³-hybridized carbons (Fsp3) is 0.292. The molecule has 0 radical (unpaired) electrons. The minimum atomic E-state index is -0.172. The lowest BCUT2D eigenvalue weighted by atomic mass is 10.1. The van der Waals surface area contributed by atoms with Gasteiger partial charge in [-0.3, -0.25) is 14.5 Å². The molecule has 0 unspecified atom stereocenters. The first kappa shape index (κ1) is 19.9. The van der Waals surface area contributed by atoms with Crippen molar-refractivity contribution in [1.29, 1.82) is 5.26 Å². The average Bonchev–Trinajstić information content (AvgIpc) is 3.02. The van der Waals surface area contributed by atoms with Gasteiger partial charge in [-0.05, 0) is 30.2 Å². The van der Waals surface area contributed by atoms with Crippen LogP contribution in [0.4, 0.5) is 0 Å². The summed E-state index contributed by atoms with van der Waals surface area (Å²) >= 11 is 0. The van der Waals surface area contributed by atoms with E-state index in [4.69, 9.17) is 5.26 Å². The highest BCUT2D eigenvalue weighted by molar-refractivity contribution is 6.06. The molecule has 152 valence electrons. The van der Waals surface area contributed by atoms with E-state index in [1.54, 1.807) is 11.6 Å². The van der Waals surface area contributed by atoms with Gasteiger partial charge in [-0.1, -0.05) is 30.3 Å². The number of aryl methyl sites for hydroxylation is 1. The summed E-state index contributed by atoms with van der Waals surface area (Å²) in [5, 5.41) is 9.75. The molecule has 1 aromatic heterocycles. The van der Waals surface area contributed by atoms with Crippen LogP contribution in [0.25, 0.3) is 10.9 Å². The normalized spacial score (nSPS) is 15.0. The summed E-state index contributed by atoms with van der Waals surface area (Å²) in [5.74, 6) is -0.0795. The van der Waals surface area contributed by atoms with Gasteiger partial charge in [0.2, 0.25) is 0 Å². The molecule has 1 saturated heterocycles. The van der Waals surface area contributed by atoms with Crippen LogP contribution in [0.15, 0.2) is 59.4 Å². The lowest BCUT2D eigenvalue weighted by molar-refractivity contribution is 0.0763. The zero-order valence-corrected chi connectivity index (χ0v) is 17.0. The number of carbonyl (C=O) groups is 1. The van der Waals surface area contributed by atoms with E-state index in [0.717, 1.165) is 42.5 Å². The second kappa shape index (κ2) is 8.52. The highest BCUT2D eigenvalue weighted by Crippen LogP contribution is 2.19. The standard InChI is InChI=1S/C24H24N4O2/c1-26-22-6-3-2-5-20(22)21(15-23(26)29)24(30)28-12-4-11-27(13-14-28)17-19-9-7-18(16-25)8-10-19/h2-3,5-10,15H,4,11-14,17H2,1H3. The number of nitrogens with zero attached hydrogens (tertiary/aromatic N) is 4. The Balaban J connectivity index is 1.50. The summed E-state index contributed by atoms with van der Waals surface area (Å²) in [6.07, 6.45) is 0.880. The molecule has 0 bridgehead atoms. The Kier molecular flexibility index (Phi) is 5.64. The third-order valence-electron chi connectivity index (χ3n) is 5.75. The largest absolute Gasteiger partial charge is 0.337 e. The summed E-state index contributed by atoms with van der Waals surface area (Å²) in [4.78, 5) is 29.9. The maximum absolute atomic E-state index is 13.3. The molecule has 0 spiro atoms. The van der Waals surface area contributed by atoms with E-state index in [9.17, 15) is 9.59 Å². The summed E-state index contributed by atoms with van der Waals surface area (Å²) in [6.45, 7) is 3.77.